The molecule has 0 aromatic carbocycles. The third-order valence-electron chi connectivity index (χ3n) is 7.13. The van der Waals surface area contributed by atoms with Gasteiger partial charge in [-0.2, -0.15) is 5.10 Å². The molecule has 0 saturated heterocycles. The Hall–Kier alpha value is -3.22. The number of hydrogen-bond donors (Lipinski definition) is 3. The van der Waals surface area contributed by atoms with Gasteiger partial charge in [0.1, 0.15) is 17.6 Å². The number of amides is 2. The molecule has 0 radical (unpaired) electrons. The van der Waals surface area contributed by atoms with Crippen molar-refractivity contribution in [3.05, 3.63) is 23.5 Å². The number of halogens is 2. The molecule has 2 amide bonds. The summed E-state index contributed by atoms with van der Waals surface area (Å²) in [4.78, 5) is 25.0. The highest BCUT2D eigenvalue weighted by atomic mass is 19.3. The summed E-state index contributed by atoms with van der Waals surface area (Å²) in [7, 11) is 3.10. The number of H-pyrrole nitrogens is 1. The first-order chi connectivity index (χ1) is 16.7. The van der Waals surface area contributed by atoms with Crippen LogP contribution in [-0.4, -0.2) is 69.9 Å². The molecule has 190 valence electrons. The summed E-state index contributed by atoms with van der Waals surface area (Å²) in [6.07, 6.45) is 0.577. The largest absolute Gasteiger partial charge is 0.471 e. The van der Waals surface area contributed by atoms with Gasteiger partial charge in [-0.15, -0.1) is 5.10 Å². The molecule has 2 bridgehead atoms. The second kappa shape index (κ2) is 9.10. The minimum atomic E-state index is -2.64. The molecule has 6 rings (SSSR count). The highest BCUT2D eigenvalue weighted by molar-refractivity contribution is 6.02. The van der Waals surface area contributed by atoms with Gasteiger partial charge >= 0.3 is 6.09 Å². The number of nitrogens with zero attached hydrogens (tertiary/aromatic N) is 3. The lowest BCUT2D eigenvalue weighted by Crippen LogP contribution is -2.68. The highest BCUT2D eigenvalue weighted by Gasteiger charge is 2.58. The van der Waals surface area contributed by atoms with E-state index in [0.717, 1.165) is 25.2 Å². The van der Waals surface area contributed by atoms with Gasteiger partial charge in [0.05, 0.1) is 11.8 Å². The Morgan fingerprint density at radius 2 is 2.00 bits per heavy atom. The molecule has 0 spiro atoms. The van der Waals surface area contributed by atoms with Crippen molar-refractivity contribution in [1.82, 2.24) is 25.3 Å². The number of aromatic amines is 1. The lowest BCUT2D eigenvalue weighted by Gasteiger charge is -2.61. The fraction of sp³-hybridized carbons (Fsp3) is 0.636. The Bertz CT molecular complexity index is 1090. The van der Waals surface area contributed by atoms with Gasteiger partial charge in [-0.1, -0.05) is 0 Å². The normalized spacial score (nSPS) is 28.8. The summed E-state index contributed by atoms with van der Waals surface area (Å²) in [5.74, 6) is 0.520. The number of rotatable bonds is 9. The second-order valence-electron chi connectivity index (χ2n) is 9.62. The zero-order valence-corrected chi connectivity index (χ0v) is 19.4. The smallest absolute Gasteiger partial charge is 0.407 e. The summed E-state index contributed by atoms with van der Waals surface area (Å²) in [5, 5.41) is 16.7. The van der Waals surface area contributed by atoms with Crippen LogP contribution in [0.15, 0.2) is 12.1 Å². The first-order valence-electron chi connectivity index (χ1n) is 11.6. The van der Waals surface area contributed by atoms with Gasteiger partial charge in [0.2, 0.25) is 5.88 Å². The van der Waals surface area contributed by atoms with E-state index in [4.69, 9.17) is 14.2 Å². The molecular formula is C22H28F2N6O5. The monoisotopic (exact) mass is 494 g/mol. The van der Waals surface area contributed by atoms with E-state index < -0.39 is 31.1 Å². The van der Waals surface area contributed by atoms with Crippen molar-refractivity contribution >= 4 is 17.8 Å². The van der Waals surface area contributed by atoms with Crippen molar-refractivity contribution in [1.29, 1.82) is 0 Å². The van der Waals surface area contributed by atoms with Crippen LogP contribution in [0.2, 0.25) is 0 Å². The number of alkyl halides is 2. The van der Waals surface area contributed by atoms with E-state index in [9.17, 15) is 18.4 Å². The molecule has 11 nitrogen and oxygen atoms in total. The van der Waals surface area contributed by atoms with Crippen LogP contribution in [0.4, 0.5) is 19.4 Å². The lowest BCUT2D eigenvalue weighted by molar-refractivity contribution is -0.0586. The Morgan fingerprint density at radius 1 is 1.26 bits per heavy atom. The first kappa shape index (κ1) is 23.5. The molecule has 3 unspecified atom stereocenters. The first-order valence-corrected chi connectivity index (χ1v) is 11.6. The van der Waals surface area contributed by atoms with Crippen molar-refractivity contribution in [3.63, 3.8) is 0 Å². The Balaban J connectivity index is 1.17. The number of carbonyl (C=O) groups excluding carboxylic acids is 2. The fourth-order valence-corrected chi connectivity index (χ4v) is 5.26. The second-order valence-corrected chi connectivity index (χ2v) is 9.62. The number of nitrogens with one attached hydrogen (secondary N) is 3. The molecule has 4 saturated carbocycles. The predicted octanol–water partition coefficient (Wildman–Crippen LogP) is 2.58. The van der Waals surface area contributed by atoms with Crippen LogP contribution in [0.5, 0.6) is 5.88 Å². The average molecular weight is 494 g/mol. The van der Waals surface area contributed by atoms with Crippen molar-refractivity contribution in [2.24, 2.45) is 13.0 Å². The van der Waals surface area contributed by atoms with Crippen LogP contribution in [0.3, 0.4) is 0 Å². The lowest BCUT2D eigenvalue weighted by atomic mass is 9.50. The van der Waals surface area contributed by atoms with E-state index in [1.807, 2.05) is 0 Å². The number of alkyl carbamates (subject to hydrolysis) is 1. The van der Waals surface area contributed by atoms with Crippen molar-refractivity contribution in [2.75, 3.05) is 19.0 Å². The fourth-order valence-electron chi connectivity index (χ4n) is 5.26. The van der Waals surface area contributed by atoms with E-state index >= 15 is 0 Å². The quantitative estimate of drug-likeness (QED) is 0.488. The molecule has 4 fully saturated rings. The molecule has 4 aliphatic carbocycles. The molecule has 13 heteroatoms. The van der Waals surface area contributed by atoms with E-state index in [0.29, 0.717) is 24.4 Å². The molecule has 2 aromatic rings. The molecule has 3 N–H and O–H groups in total. The number of aryl methyl sites for hydroxylation is 1. The number of anilines is 1. The molecule has 2 heterocycles. The minimum Gasteiger partial charge on any atom is -0.471 e. The molecular weight excluding hydrogens is 466 g/mol. The summed E-state index contributed by atoms with van der Waals surface area (Å²) in [6.45, 7) is -0.806. The van der Waals surface area contributed by atoms with E-state index in [1.54, 1.807) is 13.2 Å². The maximum Gasteiger partial charge on any atom is 0.407 e. The van der Waals surface area contributed by atoms with Gasteiger partial charge in [-0.3, -0.25) is 14.6 Å². The molecule has 0 aliphatic heterocycles. The van der Waals surface area contributed by atoms with Crippen molar-refractivity contribution < 1.29 is 32.6 Å². The summed E-state index contributed by atoms with van der Waals surface area (Å²) in [6, 6.07) is 3.00. The summed E-state index contributed by atoms with van der Waals surface area (Å²) < 4.78 is 42.0. The number of hydrogen-bond acceptors (Lipinski definition) is 7. The number of aromatic nitrogens is 4. The van der Waals surface area contributed by atoms with E-state index in [-0.39, 0.29) is 29.1 Å². The van der Waals surface area contributed by atoms with E-state index in [2.05, 4.69) is 25.9 Å². The predicted molar refractivity (Wildman–Crippen MR) is 117 cm³/mol. The van der Waals surface area contributed by atoms with Gasteiger partial charge in [0, 0.05) is 37.7 Å². The molecule has 2 aromatic heterocycles. The van der Waals surface area contributed by atoms with Gasteiger partial charge in [0.15, 0.2) is 6.61 Å². The summed E-state index contributed by atoms with van der Waals surface area (Å²) >= 11 is 0. The third-order valence-corrected chi connectivity index (χ3v) is 7.13. The number of methoxy groups -OCH3 is 1. The maximum atomic E-state index is 12.6. The Kier molecular flexibility index (Phi) is 6.11. The van der Waals surface area contributed by atoms with Crippen LogP contribution in [0, 0.1) is 5.92 Å². The minimum absolute atomic E-state index is 0.0272. The molecule has 35 heavy (non-hydrogen) atoms. The summed E-state index contributed by atoms with van der Waals surface area (Å²) in [5.41, 5.74) is 0.787. The standard InChI is InChI=1S/C22H28F2N6O5/c1-30-14(6-19(29-30)34-10-17(23)24)20(31)25-18-5-13(27-28-18)12-3-15(33-2)16(4-12)35-21(32)26-22-7-11(8-22)9-22/h5-6,11-12,15-17H,3-4,7-10H2,1-2H3,(H,26,32)(H2,25,27,28,31). The Morgan fingerprint density at radius 3 is 2.66 bits per heavy atom. The van der Waals surface area contributed by atoms with Crippen LogP contribution >= 0.6 is 0 Å². The van der Waals surface area contributed by atoms with Crippen LogP contribution < -0.4 is 15.4 Å². The number of carbonyl (C=O) groups is 2. The van der Waals surface area contributed by atoms with Gasteiger partial charge in [0.25, 0.3) is 12.3 Å². The van der Waals surface area contributed by atoms with E-state index in [1.165, 1.54) is 17.8 Å². The maximum absolute atomic E-state index is 12.6. The van der Waals surface area contributed by atoms with Gasteiger partial charge in [-0.05, 0) is 38.0 Å². The zero-order valence-electron chi connectivity index (χ0n) is 19.4. The average Bonchev–Trinajstić information content (AvgIpc) is 3.46. The number of ether oxygens (including phenoxy) is 3. The van der Waals surface area contributed by atoms with Crippen LogP contribution in [-0.2, 0) is 16.5 Å². The van der Waals surface area contributed by atoms with Crippen LogP contribution in [0.1, 0.15) is 54.2 Å². The molecule has 4 aliphatic rings. The van der Waals surface area contributed by atoms with Gasteiger partial charge in [-0.25, -0.2) is 13.6 Å². The van der Waals surface area contributed by atoms with Crippen molar-refractivity contribution in [2.45, 2.75) is 62.2 Å². The van der Waals surface area contributed by atoms with Gasteiger partial charge < -0.3 is 24.8 Å². The molecule has 3 atom stereocenters. The van der Waals surface area contributed by atoms with Crippen LogP contribution in [0.25, 0.3) is 0 Å². The SMILES string of the molecule is COC1CC(c2cc(NC(=O)c3cc(OCC(F)F)nn3C)[nH]n2)CC1OC(=O)NC12CC(C1)C2. The zero-order chi connectivity index (χ0) is 24.7. The topological polar surface area (TPSA) is 132 Å². The van der Waals surface area contributed by atoms with Crippen molar-refractivity contribution in [3.8, 4) is 5.88 Å². The highest BCUT2D eigenvalue weighted by Crippen LogP contribution is 2.57. The third kappa shape index (κ3) is 4.81. The Labute approximate surface area is 199 Å².